The van der Waals surface area contributed by atoms with E-state index in [1.54, 1.807) is 24.3 Å². The van der Waals surface area contributed by atoms with E-state index in [1.165, 1.54) is 28.4 Å². The Morgan fingerprint density at radius 2 is 1.27 bits per heavy atom. The molecule has 4 N–H and O–H groups in total. The molecule has 11 heteroatoms. The SMILES string of the molecule is CC(C)(SCc1ccccc1)C(NC(=O)[C@H](CSCc1ccc(-c2ccccc2)cc1)NC(=O)CCCCN1C(=O)c2ccccc2C1=O)C(N)=O. The van der Waals surface area contributed by atoms with Gasteiger partial charge in [0.2, 0.25) is 17.7 Å². The molecule has 0 bridgehead atoms. The number of amides is 5. The van der Waals surface area contributed by atoms with E-state index in [1.807, 2.05) is 74.5 Å². The van der Waals surface area contributed by atoms with Gasteiger partial charge in [0.25, 0.3) is 11.8 Å². The highest BCUT2D eigenvalue weighted by molar-refractivity contribution is 8.00. The van der Waals surface area contributed by atoms with Gasteiger partial charge in [-0.25, -0.2) is 0 Å². The highest BCUT2D eigenvalue weighted by Gasteiger charge is 2.38. The molecule has 5 amide bonds. The number of nitrogens with one attached hydrogen (secondary N) is 2. The summed E-state index contributed by atoms with van der Waals surface area (Å²) in [5, 5.41) is 5.72. The van der Waals surface area contributed by atoms with E-state index in [0.29, 0.717) is 35.5 Å². The first-order valence-corrected chi connectivity index (χ1v) is 19.4. The molecule has 1 aliphatic rings. The van der Waals surface area contributed by atoms with Gasteiger partial charge in [0.15, 0.2) is 0 Å². The molecule has 5 rings (SSSR count). The Hall–Kier alpha value is -4.87. The summed E-state index contributed by atoms with van der Waals surface area (Å²) in [6, 6.07) is 32.9. The third-order valence-corrected chi connectivity index (χ3v) is 11.5. The zero-order valence-corrected chi connectivity index (χ0v) is 31.0. The molecule has 4 aromatic carbocycles. The number of rotatable bonds is 18. The van der Waals surface area contributed by atoms with E-state index < -0.39 is 28.6 Å². The van der Waals surface area contributed by atoms with Crippen molar-refractivity contribution in [1.29, 1.82) is 0 Å². The predicted molar refractivity (Wildman–Crippen MR) is 209 cm³/mol. The molecule has 0 radical (unpaired) electrons. The van der Waals surface area contributed by atoms with E-state index in [9.17, 15) is 24.0 Å². The fourth-order valence-electron chi connectivity index (χ4n) is 5.92. The zero-order chi connectivity index (χ0) is 37.1. The van der Waals surface area contributed by atoms with Gasteiger partial charge in [-0.2, -0.15) is 11.8 Å². The molecule has 9 nitrogen and oxygen atoms in total. The van der Waals surface area contributed by atoms with E-state index in [4.69, 9.17) is 5.73 Å². The quantitative estimate of drug-likeness (QED) is 0.0815. The van der Waals surface area contributed by atoms with Crippen molar-refractivity contribution in [3.8, 4) is 11.1 Å². The summed E-state index contributed by atoms with van der Waals surface area (Å²) >= 11 is 3.01. The van der Waals surface area contributed by atoms with Gasteiger partial charge in [-0.3, -0.25) is 28.9 Å². The summed E-state index contributed by atoms with van der Waals surface area (Å²) in [7, 11) is 0. The van der Waals surface area contributed by atoms with Crippen molar-refractivity contribution < 1.29 is 24.0 Å². The maximum atomic E-state index is 13.8. The molecule has 0 aromatic heterocycles. The Balaban J connectivity index is 1.19. The molecular formula is C41H44N4O5S2. The standard InChI is InChI=1S/C41H44N4O5S2/c1-41(2,52-26-28-13-5-3-6-14-28)36(37(42)47)44-38(48)34(27-51-25-29-20-22-31(23-21-29)30-15-7-4-8-16-30)43-35(46)19-11-12-24-45-39(49)32-17-9-10-18-33(32)40(45)50/h3-10,13-18,20-23,34,36H,11-12,19,24-27H2,1-2H3,(H2,42,47)(H,43,46)(H,44,48)/t34-,36?/m0/s1. The fourth-order valence-corrected chi connectivity index (χ4v) is 8.01. The maximum Gasteiger partial charge on any atom is 0.261 e. The van der Waals surface area contributed by atoms with Crippen molar-refractivity contribution in [2.45, 2.75) is 61.4 Å². The van der Waals surface area contributed by atoms with Crippen LogP contribution in [-0.2, 0) is 25.9 Å². The second-order valence-electron chi connectivity index (χ2n) is 13.2. The average Bonchev–Trinajstić information content (AvgIpc) is 3.40. The number of carbonyl (C=O) groups is 5. The van der Waals surface area contributed by atoms with Gasteiger partial charge >= 0.3 is 0 Å². The Bertz CT molecular complexity index is 1830. The predicted octanol–water partition coefficient (Wildman–Crippen LogP) is 6.22. The van der Waals surface area contributed by atoms with Gasteiger partial charge in [-0.05, 0) is 61.1 Å². The molecule has 0 aliphatic carbocycles. The minimum atomic E-state index is -0.997. The highest BCUT2D eigenvalue weighted by Crippen LogP contribution is 2.32. The van der Waals surface area contributed by atoms with Crippen molar-refractivity contribution in [2.24, 2.45) is 5.73 Å². The van der Waals surface area contributed by atoms with Crippen molar-refractivity contribution in [2.75, 3.05) is 12.3 Å². The Kier molecular flexibility index (Phi) is 13.3. The van der Waals surface area contributed by atoms with Crippen molar-refractivity contribution in [3.63, 3.8) is 0 Å². The number of nitrogens with zero attached hydrogens (tertiary/aromatic N) is 1. The molecule has 0 saturated heterocycles. The van der Waals surface area contributed by atoms with Crippen LogP contribution >= 0.6 is 23.5 Å². The van der Waals surface area contributed by atoms with Crippen LogP contribution < -0.4 is 16.4 Å². The van der Waals surface area contributed by atoms with Crippen LogP contribution in [0.25, 0.3) is 11.1 Å². The summed E-state index contributed by atoms with van der Waals surface area (Å²) in [6.07, 6.45) is 0.928. The summed E-state index contributed by atoms with van der Waals surface area (Å²) in [4.78, 5) is 66.3. The molecule has 1 unspecified atom stereocenters. The molecule has 2 atom stereocenters. The van der Waals surface area contributed by atoms with Gasteiger partial charge in [0, 0.05) is 35.0 Å². The van der Waals surface area contributed by atoms with Crippen molar-refractivity contribution >= 4 is 53.1 Å². The number of imide groups is 1. The molecule has 0 saturated carbocycles. The lowest BCUT2D eigenvalue weighted by Gasteiger charge is -2.33. The number of nitrogens with two attached hydrogens (primary N) is 1. The maximum absolute atomic E-state index is 13.8. The minimum Gasteiger partial charge on any atom is -0.368 e. The molecule has 270 valence electrons. The largest absolute Gasteiger partial charge is 0.368 e. The average molecular weight is 737 g/mol. The number of unbranched alkanes of at least 4 members (excludes halogenated alkanes) is 1. The monoisotopic (exact) mass is 736 g/mol. The van der Waals surface area contributed by atoms with Crippen LogP contribution in [0.15, 0.2) is 109 Å². The Morgan fingerprint density at radius 3 is 1.88 bits per heavy atom. The molecule has 52 heavy (non-hydrogen) atoms. The van der Waals surface area contributed by atoms with Gasteiger partial charge in [0.05, 0.1) is 11.1 Å². The van der Waals surface area contributed by atoms with Gasteiger partial charge in [-0.1, -0.05) is 97.1 Å². The molecule has 1 heterocycles. The number of thioether (sulfide) groups is 2. The summed E-state index contributed by atoms with van der Waals surface area (Å²) in [6.45, 7) is 3.93. The number of carbonyl (C=O) groups excluding carboxylic acids is 5. The van der Waals surface area contributed by atoms with Crippen LogP contribution in [0, 0.1) is 0 Å². The van der Waals surface area contributed by atoms with E-state index >= 15 is 0 Å². The first-order valence-electron chi connectivity index (χ1n) is 17.3. The van der Waals surface area contributed by atoms with Crippen molar-refractivity contribution in [3.05, 3.63) is 131 Å². The van der Waals surface area contributed by atoms with Crippen LogP contribution in [0.4, 0.5) is 0 Å². The normalized spacial score (nSPS) is 13.7. The van der Waals surface area contributed by atoms with Gasteiger partial charge in [-0.15, -0.1) is 11.8 Å². The summed E-state index contributed by atoms with van der Waals surface area (Å²) in [5.41, 5.74) is 11.0. The van der Waals surface area contributed by atoms with Crippen LogP contribution in [0.1, 0.15) is 65.0 Å². The fraction of sp³-hybridized carbons (Fsp3) is 0.293. The summed E-state index contributed by atoms with van der Waals surface area (Å²) < 4.78 is -0.746. The molecule has 1 aliphatic heterocycles. The van der Waals surface area contributed by atoms with Gasteiger partial charge in [0.1, 0.15) is 12.1 Å². The van der Waals surface area contributed by atoms with E-state index in [-0.39, 0.29) is 36.4 Å². The van der Waals surface area contributed by atoms with E-state index in [2.05, 4.69) is 34.9 Å². The molecule has 0 fully saturated rings. The minimum absolute atomic E-state index is 0.0935. The zero-order valence-electron chi connectivity index (χ0n) is 29.4. The van der Waals surface area contributed by atoms with Crippen LogP contribution in [0.2, 0.25) is 0 Å². The number of fused-ring (bicyclic) bond motifs is 1. The van der Waals surface area contributed by atoms with Crippen molar-refractivity contribution in [1.82, 2.24) is 15.5 Å². The number of primary amides is 1. The lowest BCUT2D eigenvalue weighted by atomic mass is 10.0. The Morgan fingerprint density at radius 1 is 0.712 bits per heavy atom. The smallest absolute Gasteiger partial charge is 0.261 e. The first kappa shape index (κ1) is 38.4. The molecular weight excluding hydrogens is 693 g/mol. The second kappa shape index (κ2) is 18.1. The van der Waals surface area contributed by atoms with E-state index in [0.717, 1.165) is 22.3 Å². The van der Waals surface area contributed by atoms with Crippen LogP contribution in [0.3, 0.4) is 0 Å². The topological polar surface area (TPSA) is 139 Å². The number of hydrogen-bond acceptors (Lipinski definition) is 7. The number of hydrogen-bond donors (Lipinski definition) is 3. The highest BCUT2D eigenvalue weighted by atomic mass is 32.2. The third-order valence-electron chi connectivity index (χ3n) is 8.90. The number of benzene rings is 4. The second-order valence-corrected chi connectivity index (χ2v) is 15.8. The van der Waals surface area contributed by atoms with Crippen LogP contribution in [0.5, 0.6) is 0 Å². The first-order chi connectivity index (χ1) is 25.0. The lowest BCUT2D eigenvalue weighted by Crippen LogP contribution is -2.59. The molecule has 0 spiro atoms. The Labute approximate surface area is 313 Å². The lowest BCUT2D eigenvalue weighted by molar-refractivity contribution is -0.131. The third kappa shape index (κ3) is 10.1. The molecule has 4 aromatic rings. The van der Waals surface area contributed by atoms with Gasteiger partial charge < -0.3 is 16.4 Å². The summed E-state index contributed by atoms with van der Waals surface area (Å²) in [5.74, 6) is -0.684. The van der Waals surface area contributed by atoms with Crippen LogP contribution in [-0.4, -0.2) is 63.6 Å².